The number of nitrogens with zero attached hydrogens (tertiary/aromatic N) is 1. The van der Waals surface area contributed by atoms with E-state index in [1.54, 1.807) is 7.11 Å². The van der Waals surface area contributed by atoms with E-state index in [4.69, 9.17) is 15.2 Å². The number of aliphatic imine (C=N–C) groups is 1. The third-order valence-electron chi connectivity index (χ3n) is 3.29. The summed E-state index contributed by atoms with van der Waals surface area (Å²) in [5.74, 6) is 1.43. The number of methoxy groups -OCH3 is 1. The Bertz CT molecular complexity index is 424. The number of guanidine groups is 1. The highest BCUT2D eigenvalue weighted by molar-refractivity contribution is 14.0. The van der Waals surface area contributed by atoms with Crippen LogP contribution in [0.15, 0.2) is 29.3 Å². The van der Waals surface area contributed by atoms with Crippen molar-refractivity contribution in [1.82, 2.24) is 5.32 Å². The van der Waals surface area contributed by atoms with Crippen LogP contribution >= 0.6 is 24.0 Å². The maximum Gasteiger partial charge on any atom is 0.188 e. The number of nitrogens with one attached hydrogen (secondary N) is 1. The summed E-state index contributed by atoms with van der Waals surface area (Å²) in [5, 5.41) is 3.14. The number of nitrogens with two attached hydrogens (primary N) is 1. The second-order valence-electron chi connectivity index (χ2n) is 5.05. The highest BCUT2D eigenvalue weighted by Crippen LogP contribution is 2.12. The van der Waals surface area contributed by atoms with Crippen LogP contribution in [0, 0.1) is 0 Å². The van der Waals surface area contributed by atoms with E-state index >= 15 is 0 Å². The monoisotopic (exact) mass is 435 g/mol. The number of hydrogen-bond donors (Lipinski definition) is 2. The van der Waals surface area contributed by atoms with Crippen molar-refractivity contribution in [3.8, 4) is 5.75 Å². The first-order chi connectivity index (χ1) is 10.8. The molecule has 1 aromatic rings. The molecule has 0 bridgehead atoms. The lowest BCUT2D eigenvalue weighted by atomic mass is 10.1. The zero-order valence-electron chi connectivity index (χ0n) is 14.2. The first-order valence-electron chi connectivity index (χ1n) is 8.00. The van der Waals surface area contributed by atoms with Crippen molar-refractivity contribution in [3.63, 3.8) is 0 Å². The van der Waals surface area contributed by atoms with E-state index in [1.165, 1.54) is 5.56 Å². The largest absolute Gasteiger partial charge is 0.497 e. The molecule has 0 atom stereocenters. The molecule has 0 unspecified atom stereocenters. The topological polar surface area (TPSA) is 68.9 Å². The quantitative estimate of drug-likeness (QED) is 0.243. The van der Waals surface area contributed by atoms with Crippen LogP contribution in [0.4, 0.5) is 0 Å². The van der Waals surface area contributed by atoms with Crippen molar-refractivity contribution in [2.45, 2.75) is 32.6 Å². The molecule has 0 spiro atoms. The summed E-state index contributed by atoms with van der Waals surface area (Å²) in [6.45, 7) is 5.06. The Balaban J connectivity index is 0.00000484. The predicted molar refractivity (Wildman–Crippen MR) is 107 cm³/mol. The first-order valence-corrected chi connectivity index (χ1v) is 8.00. The van der Waals surface area contributed by atoms with E-state index in [0.29, 0.717) is 12.5 Å². The van der Waals surface area contributed by atoms with Crippen LogP contribution in [0.5, 0.6) is 5.75 Å². The number of unbranched alkanes of at least 4 members (excludes halogenated alkanes) is 1. The van der Waals surface area contributed by atoms with Crippen molar-refractivity contribution < 1.29 is 9.47 Å². The summed E-state index contributed by atoms with van der Waals surface area (Å²) in [6, 6.07) is 8.22. The van der Waals surface area contributed by atoms with Gasteiger partial charge in [-0.3, -0.25) is 4.99 Å². The first kappa shape index (κ1) is 22.0. The Morgan fingerprint density at radius 2 is 1.91 bits per heavy atom. The summed E-state index contributed by atoms with van der Waals surface area (Å²) in [6.07, 6.45) is 4.17. The second-order valence-corrected chi connectivity index (χ2v) is 5.05. The Hall–Kier alpha value is -1.02. The molecule has 0 aromatic heterocycles. The van der Waals surface area contributed by atoms with Gasteiger partial charge in [0.1, 0.15) is 5.75 Å². The Labute approximate surface area is 157 Å². The van der Waals surface area contributed by atoms with Gasteiger partial charge in [0, 0.05) is 26.3 Å². The number of benzene rings is 1. The molecule has 0 aliphatic heterocycles. The molecular formula is C17H30IN3O2. The number of hydrogen-bond acceptors (Lipinski definition) is 3. The minimum absolute atomic E-state index is 0. The number of ether oxygens (including phenoxy) is 2. The Morgan fingerprint density at radius 3 is 2.57 bits per heavy atom. The van der Waals surface area contributed by atoms with E-state index in [-0.39, 0.29) is 24.0 Å². The maximum atomic E-state index is 5.80. The summed E-state index contributed by atoms with van der Waals surface area (Å²) in [5.41, 5.74) is 7.13. The minimum atomic E-state index is 0. The highest BCUT2D eigenvalue weighted by atomic mass is 127. The number of rotatable bonds is 11. The van der Waals surface area contributed by atoms with Gasteiger partial charge in [0.25, 0.3) is 0 Å². The summed E-state index contributed by atoms with van der Waals surface area (Å²) < 4.78 is 10.4. The van der Waals surface area contributed by atoms with Crippen LogP contribution in [0.25, 0.3) is 0 Å². The van der Waals surface area contributed by atoms with E-state index in [2.05, 4.69) is 22.4 Å². The van der Waals surface area contributed by atoms with Crippen LogP contribution in [0.3, 0.4) is 0 Å². The number of halogens is 1. The summed E-state index contributed by atoms with van der Waals surface area (Å²) in [4.78, 5) is 4.26. The molecule has 3 N–H and O–H groups in total. The molecule has 0 amide bonds. The van der Waals surface area contributed by atoms with Gasteiger partial charge < -0.3 is 20.5 Å². The van der Waals surface area contributed by atoms with Gasteiger partial charge in [0.05, 0.1) is 7.11 Å². The highest BCUT2D eigenvalue weighted by Gasteiger charge is 1.96. The molecule has 1 rings (SSSR count). The molecule has 0 saturated carbocycles. The molecule has 0 saturated heterocycles. The molecule has 0 aliphatic rings. The molecule has 6 heteroatoms. The molecule has 0 aliphatic carbocycles. The fourth-order valence-corrected chi connectivity index (χ4v) is 2.03. The molecule has 0 radical (unpaired) electrons. The fraction of sp³-hybridized carbons (Fsp3) is 0.588. The van der Waals surface area contributed by atoms with Gasteiger partial charge in [0.2, 0.25) is 0 Å². The average Bonchev–Trinajstić information content (AvgIpc) is 2.55. The lowest BCUT2D eigenvalue weighted by Crippen LogP contribution is -2.32. The van der Waals surface area contributed by atoms with Crippen molar-refractivity contribution in [2.75, 3.05) is 33.4 Å². The fourth-order valence-electron chi connectivity index (χ4n) is 2.03. The van der Waals surface area contributed by atoms with Gasteiger partial charge in [-0.1, -0.05) is 12.1 Å². The second kappa shape index (κ2) is 14.6. The van der Waals surface area contributed by atoms with Crippen LogP contribution in [0.2, 0.25) is 0 Å². The van der Waals surface area contributed by atoms with Gasteiger partial charge in [-0.2, -0.15) is 0 Å². The molecule has 23 heavy (non-hydrogen) atoms. The van der Waals surface area contributed by atoms with Crippen LogP contribution in [-0.2, 0) is 11.2 Å². The maximum absolute atomic E-state index is 5.80. The molecule has 0 fully saturated rings. The van der Waals surface area contributed by atoms with Gasteiger partial charge >= 0.3 is 0 Å². The lowest BCUT2D eigenvalue weighted by molar-refractivity contribution is 0.146. The van der Waals surface area contributed by atoms with E-state index in [1.807, 2.05) is 19.1 Å². The molecule has 1 aromatic carbocycles. The molecule has 5 nitrogen and oxygen atoms in total. The van der Waals surface area contributed by atoms with E-state index in [9.17, 15) is 0 Å². The summed E-state index contributed by atoms with van der Waals surface area (Å²) >= 11 is 0. The van der Waals surface area contributed by atoms with Crippen molar-refractivity contribution >= 4 is 29.9 Å². The zero-order valence-corrected chi connectivity index (χ0v) is 16.5. The van der Waals surface area contributed by atoms with Crippen LogP contribution in [0.1, 0.15) is 31.7 Å². The van der Waals surface area contributed by atoms with Gasteiger partial charge in [-0.05, 0) is 50.3 Å². The van der Waals surface area contributed by atoms with Crippen molar-refractivity contribution in [1.29, 1.82) is 0 Å². The number of aryl methyl sites for hydroxylation is 1. The van der Waals surface area contributed by atoms with E-state index < -0.39 is 0 Å². The van der Waals surface area contributed by atoms with Crippen LogP contribution < -0.4 is 15.8 Å². The third kappa shape index (κ3) is 11.2. The Morgan fingerprint density at radius 1 is 1.17 bits per heavy atom. The van der Waals surface area contributed by atoms with Crippen molar-refractivity contribution in [2.24, 2.45) is 10.7 Å². The Kier molecular flexibility index (Phi) is 13.9. The van der Waals surface area contributed by atoms with Gasteiger partial charge in [-0.15, -0.1) is 24.0 Å². The zero-order chi connectivity index (χ0) is 16.0. The smallest absolute Gasteiger partial charge is 0.188 e. The van der Waals surface area contributed by atoms with Gasteiger partial charge in [-0.25, -0.2) is 0 Å². The predicted octanol–water partition coefficient (Wildman–Crippen LogP) is 2.97. The van der Waals surface area contributed by atoms with Gasteiger partial charge in [0.15, 0.2) is 5.96 Å². The van der Waals surface area contributed by atoms with Crippen molar-refractivity contribution in [3.05, 3.63) is 29.8 Å². The SMILES string of the molecule is CCOCCCN=C(N)NCCCCc1ccc(OC)cc1.I. The average molecular weight is 435 g/mol. The summed E-state index contributed by atoms with van der Waals surface area (Å²) in [7, 11) is 1.68. The molecular weight excluding hydrogens is 405 g/mol. The minimum Gasteiger partial charge on any atom is -0.497 e. The molecule has 132 valence electrons. The lowest BCUT2D eigenvalue weighted by Gasteiger charge is -2.06. The third-order valence-corrected chi connectivity index (χ3v) is 3.29. The molecule has 0 heterocycles. The van der Waals surface area contributed by atoms with Crippen LogP contribution in [-0.4, -0.2) is 39.4 Å². The normalized spacial score (nSPS) is 11.0. The standard InChI is InChI=1S/C17H29N3O2.HI/c1-3-22-14-6-13-20-17(18)19-12-5-4-7-15-8-10-16(21-2)11-9-15;/h8-11H,3-7,12-14H2,1-2H3,(H3,18,19,20);1H. The van der Waals surface area contributed by atoms with E-state index in [0.717, 1.165) is 51.2 Å².